The van der Waals surface area contributed by atoms with E-state index in [9.17, 15) is 0 Å². The smallest absolute Gasteiger partial charge is 0.213 e. The number of hydrogen-bond acceptors (Lipinski definition) is 4. The van der Waals surface area contributed by atoms with Crippen molar-refractivity contribution < 1.29 is 4.74 Å². The summed E-state index contributed by atoms with van der Waals surface area (Å²) in [5, 5.41) is 3.70. The fourth-order valence-corrected chi connectivity index (χ4v) is 3.01. The molecule has 0 spiro atoms. The van der Waals surface area contributed by atoms with Gasteiger partial charge in [-0.05, 0) is 18.4 Å². The Labute approximate surface area is 128 Å². The number of rotatable bonds is 6. The summed E-state index contributed by atoms with van der Waals surface area (Å²) in [4.78, 5) is 7.16. The average Bonchev–Trinajstić information content (AvgIpc) is 2.49. The molecular weight excluding hydrogens is 262 g/mol. The van der Waals surface area contributed by atoms with E-state index in [2.05, 4.69) is 42.0 Å². The van der Waals surface area contributed by atoms with Crippen LogP contribution in [0.2, 0.25) is 0 Å². The first kappa shape index (κ1) is 16.2. The Morgan fingerprint density at radius 2 is 2.24 bits per heavy atom. The van der Waals surface area contributed by atoms with Crippen molar-refractivity contribution in [2.75, 3.05) is 20.2 Å². The van der Waals surface area contributed by atoms with E-state index >= 15 is 0 Å². The van der Waals surface area contributed by atoms with Crippen LogP contribution in [0.25, 0.3) is 0 Å². The number of nitrogens with zero attached hydrogens (tertiary/aromatic N) is 2. The van der Waals surface area contributed by atoms with Crippen molar-refractivity contribution in [1.82, 2.24) is 15.2 Å². The van der Waals surface area contributed by atoms with Crippen LogP contribution >= 0.6 is 0 Å². The van der Waals surface area contributed by atoms with Crippen LogP contribution in [0.5, 0.6) is 5.88 Å². The molecule has 0 amide bonds. The average molecular weight is 291 g/mol. The van der Waals surface area contributed by atoms with Gasteiger partial charge in [-0.25, -0.2) is 4.98 Å². The second kappa shape index (κ2) is 7.76. The monoisotopic (exact) mass is 291 g/mol. The van der Waals surface area contributed by atoms with E-state index in [4.69, 9.17) is 4.74 Å². The molecule has 1 N–H and O–H groups in total. The molecule has 118 valence electrons. The highest BCUT2D eigenvalue weighted by Crippen LogP contribution is 2.19. The zero-order valence-electron chi connectivity index (χ0n) is 13.8. The molecule has 0 bridgehead atoms. The number of nitrogens with one attached hydrogen (secondary N) is 1. The van der Waals surface area contributed by atoms with Crippen molar-refractivity contribution >= 4 is 0 Å². The molecule has 1 aromatic rings. The van der Waals surface area contributed by atoms with Crippen molar-refractivity contribution in [2.45, 2.75) is 52.2 Å². The fraction of sp³-hybridized carbons (Fsp3) is 0.706. The number of ether oxygens (including phenoxy) is 1. The summed E-state index contributed by atoms with van der Waals surface area (Å²) in [6.07, 6.45) is 2.46. The molecule has 1 fully saturated rings. The Morgan fingerprint density at radius 3 is 2.90 bits per heavy atom. The van der Waals surface area contributed by atoms with Crippen LogP contribution in [0.3, 0.4) is 0 Å². The van der Waals surface area contributed by atoms with Gasteiger partial charge in [0, 0.05) is 37.8 Å². The fourth-order valence-electron chi connectivity index (χ4n) is 3.01. The van der Waals surface area contributed by atoms with Crippen molar-refractivity contribution in [3.05, 3.63) is 23.9 Å². The van der Waals surface area contributed by atoms with E-state index in [-0.39, 0.29) is 0 Å². The molecular formula is C17H29N3O. The lowest BCUT2D eigenvalue weighted by atomic mass is 9.97. The molecule has 1 aliphatic rings. The van der Waals surface area contributed by atoms with Crippen LogP contribution in [0, 0.1) is 5.92 Å². The van der Waals surface area contributed by atoms with Crippen LogP contribution in [-0.4, -0.2) is 42.2 Å². The maximum Gasteiger partial charge on any atom is 0.213 e. The highest BCUT2D eigenvalue weighted by molar-refractivity contribution is 5.15. The third kappa shape index (κ3) is 4.42. The Kier molecular flexibility index (Phi) is 6.00. The van der Waals surface area contributed by atoms with Gasteiger partial charge < -0.3 is 10.1 Å². The van der Waals surface area contributed by atoms with Gasteiger partial charge in [0.2, 0.25) is 5.88 Å². The van der Waals surface area contributed by atoms with Gasteiger partial charge in [0.15, 0.2) is 0 Å². The van der Waals surface area contributed by atoms with Crippen LogP contribution < -0.4 is 10.1 Å². The molecule has 0 saturated carbocycles. The molecule has 2 heterocycles. The standard InChI is InChI=1S/C17H29N3O/c1-5-7-15-10-18-16(13(2)3)12-20(15)11-14-8-6-9-17(19-14)21-4/h6,8-9,13,15-16,18H,5,7,10-12H2,1-4H3. The number of aromatic nitrogens is 1. The SMILES string of the molecule is CCCC1CNC(C(C)C)CN1Cc1cccc(OC)n1. The minimum Gasteiger partial charge on any atom is -0.481 e. The Morgan fingerprint density at radius 1 is 1.43 bits per heavy atom. The summed E-state index contributed by atoms with van der Waals surface area (Å²) in [5.41, 5.74) is 1.10. The summed E-state index contributed by atoms with van der Waals surface area (Å²) in [6, 6.07) is 7.21. The van der Waals surface area contributed by atoms with Crippen LogP contribution in [0.4, 0.5) is 0 Å². The lowest BCUT2D eigenvalue weighted by Gasteiger charge is -2.41. The summed E-state index contributed by atoms with van der Waals surface area (Å²) in [6.45, 7) is 9.94. The lowest BCUT2D eigenvalue weighted by molar-refractivity contribution is 0.0983. The molecule has 2 atom stereocenters. The Bertz CT molecular complexity index is 436. The maximum atomic E-state index is 5.24. The van der Waals surface area contributed by atoms with E-state index in [0.29, 0.717) is 23.9 Å². The molecule has 1 aliphatic heterocycles. The third-order valence-electron chi connectivity index (χ3n) is 4.35. The van der Waals surface area contributed by atoms with Crippen molar-refractivity contribution in [3.63, 3.8) is 0 Å². The zero-order valence-corrected chi connectivity index (χ0v) is 13.8. The summed E-state index contributed by atoms with van der Waals surface area (Å²) in [7, 11) is 1.67. The van der Waals surface area contributed by atoms with Gasteiger partial charge in [-0.3, -0.25) is 4.90 Å². The predicted octanol–water partition coefficient (Wildman–Crippen LogP) is 2.69. The van der Waals surface area contributed by atoms with Gasteiger partial charge >= 0.3 is 0 Å². The van der Waals surface area contributed by atoms with E-state index in [0.717, 1.165) is 25.3 Å². The second-order valence-electron chi connectivity index (χ2n) is 6.30. The molecule has 0 aromatic carbocycles. The number of hydrogen-bond donors (Lipinski definition) is 1. The first-order valence-corrected chi connectivity index (χ1v) is 8.11. The third-order valence-corrected chi connectivity index (χ3v) is 4.35. The predicted molar refractivity (Wildman–Crippen MR) is 86.5 cm³/mol. The highest BCUT2D eigenvalue weighted by atomic mass is 16.5. The maximum absolute atomic E-state index is 5.24. The van der Waals surface area contributed by atoms with E-state index in [1.165, 1.54) is 12.8 Å². The first-order valence-electron chi connectivity index (χ1n) is 8.11. The summed E-state index contributed by atoms with van der Waals surface area (Å²) < 4.78 is 5.24. The Hall–Kier alpha value is -1.13. The van der Waals surface area contributed by atoms with E-state index < -0.39 is 0 Å². The first-order chi connectivity index (χ1) is 10.1. The number of piperazine rings is 1. The number of methoxy groups -OCH3 is 1. The molecule has 2 unspecified atom stereocenters. The molecule has 2 rings (SSSR count). The number of pyridine rings is 1. The van der Waals surface area contributed by atoms with E-state index in [1.807, 2.05) is 12.1 Å². The van der Waals surface area contributed by atoms with Crippen molar-refractivity contribution in [3.8, 4) is 5.88 Å². The summed E-state index contributed by atoms with van der Waals surface area (Å²) in [5.74, 6) is 1.36. The Balaban J connectivity index is 2.07. The molecule has 1 aromatic heterocycles. The molecule has 1 saturated heterocycles. The quantitative estimate of drug-likeness (QED) is 0.874. The van der Waals surface area contributed by atoms with Crippen molar-refractivity contribution in [2.24, 2.45) is 5.92 Å². The zero-order chi connectivity index (χ0) is 15.2. The molecule has 21 heavy (non-hydrogen) atoms. The van der Waals surface area contributed by atoms with Crippen molar-refractivity contribution in [1.29, 1.82) is 0 Å². The van der Waals surface area contributed by atoms with Crippen LogP contribution in [0.15, 0.2) is 18.2 Å². The summed E-state index contributed by atoms with van der Waals surface area (Å²) >= 11 is 0. The van der Waals surface area contributed by atoms with Gasteiger partial charge in [-0.2, -0.15) is 0 Å². The van der Waals surface area contributed by atoms with Gasteiger partial charge in [-0.1, -0.05) is 33.3 Å². The normalized spacial score (nSPS) is 23.5. The van der Waals surface area contributed by atoms with Gasteiger partial charge in [-0.15, -0.1) is 0 Å². The van der Waals surface area contributed by atoms with Gasteiger partial charge in [0.25, 0.3) is 0 Å². The van der Waals surface area contributed by atoms with Gasteiger partial charge in [0.1, 0.15) is 0 Å². The topological polar surface area (TPSA) is 37.4 Å². The molecule has 0 aliphatic carbocycles. The molecule has 0 radical (unpaired) electrons. The lowest BCUT2D eigenvalue weighted by Crippen LogP contribution is -2.57. The van der Waals surface area contributed by atoms with Crippen LogP contribution in [-0.2, 0) is 6.54 Å². The van der Waals surface area contributed by atoms with E-state index in [1.54, 1.807) is 7.11 Å². The molecule has 4 nitrogen and oxygen atoms in total. The minimum absolute atomic E-state index is 0.573. The second-order valence-corrected chi connectivity index (χ2v) is 6.30. The largest absolute Gasteiger partial charge is 0.481 e. The van der Waals surface area contributed by atoms with Gasteiger partial charge in [0.05, 0.1) is 12.8 Å². The minimum atomic E-state index is 0.573. The van der Waals surface area contributed by atoms with Crippen LogP contribution in [0.1, 0.15) is 39.3 Å². The molecule has 4 heteroatoms. The highest BCUT2D eigenvalue weighted by Gasteiger charge is 2.28.